The summed E-state index contributed by atoms with van der Waals surface area (Å²) in [4.78, 5) is 14.2. The van der Waals surface area contributed by atoms with Crippen LogP contribution in [-0.4, -0.2) is 26.0 Å². The molecular formula is C15H21FN2O. The first-order valence-electron chi connectivity index (χ1n) is 6.84. The van der Waals surface area contributed by atoms with Gasteiger partial charge in [-0.1, -0.05) is 19.1 Å². The van der Waals surface area contributed by atoms with Gasteiger partial charge < -0.3 is 10.2 Å². The van der Waals surface area contributed by atoms with Gasteiger partial charge in [0.25, 0.3) is 0 Å². The summed E-state index contributed by atoms with van der Waals surface area (Å²) < 4.78 is 13.8. The highest BCUT2D eigenvalue weighted by atomic mass is 19.1. The fourth-order valence-corrected chi connectivity index (χ4v) is 2.81. The van der Waals surface area contributed by atoms with Crippen LogP contribution in [0.25, 0.3) is 0 Å². The second kappa shape index (κ2) is 5.70. The largest absolute Gasteiger partial charge is 0.317 e. The predicted molar refractivity (Wildman–Crippen MR) is 74.6 cm³/mol. The molecule has 0 aromatic heterocycles. The minimum absolute atomic E-state index is 0.0293. The third-order valence-corrected chi connectivity index (χ3v) is 4.21. The van der Waals surface area contributed by atoms with Gasteiger partial charge in [0.2, 0.25) is 5.91 Å². The molecule has 19 heavy (non-hydrogen) atoms. The van der Waals surface area contributed by atoms with E-state index in [9.17, 15) is 9.18 Å². The fourth-order valence-electron chi connectivity index (χ4n) is 2.81. The summed E-state index contributed by atoms with van der Waals surface area (Å²) in [5, 5.41) is 3.27. The molecule has 1 aliphatic rings. The number of para-hydroxylation sites is 1. The molecule has 3 nitrogen and oxygen atoms in total. The molecule has 0 atom stereocenters. The van der Waals surface area contributed by atoms with Gasteiger partial charge >= 0.3 is 0 Å². The molecule has 1 fully saturated rings. The van der Waals surface area contributed by atoms with E-state index in [4.69, 9.17) is 0 Å². The lowest BCUT2D eigenvalue weighted by Gasteiger charge is -2.38. The molecule has 104 valence electrons. The van der Waals surface area contributed by atoms with Crippen molar-refractivity contribution in [3.63, 3.8) is 0 Å². The minimum atomic E-state index is -0.349. The number of nitrogens with one attached hydrogen (secondary N) is 1. The van der Waals surface area contributed by atoms with Gasteiger partial charge in [-0.05, 0) is 44.5 Å². The van der Waals surface area contributed by atoms with E-state index in [-0.39, 0.29) is 17.1 Å². The van der Waals surface area contributed by atoms with Gasteiger partial charge in [0.1, 0.15) is 5.82 Å². The second-order valence-electron chi connectivity index (χ2n) is 5.20. The number of amides is 1. The summed E-state index contributed by atoms with van der Waals surface area (Å²) in [5.74, 6) is -0.319. The first-order valence-corrected chi connectivity index (χ1v) is 6.84. The zero-order valence-electron chi connectivity index (χ0n) is 11.6. The second-order valence-corrected chi connectivity index (χ2v) is 5.20. The zero-order valence-corrected chi connectivity index (χ0v) is 11.6. The molecular weight excluding hydrogens is 243 g/mol. The molecule has 1 aromatic carbocycles. The maximum Gasteiger partial charge on any atom is 0.233 e. The van der Waals surface area contributed by atoms with Crippen LogP contribution in [-0.2, 0) is 4.79 Å². The predicted octanol–water partition coefficient (Wildman–Crippen LogP) is 2.57. The number of halogens is 1. The first kappa shape index (κ1) is 14.0. The maximum absolute atomic E-state index is 13.8. The third kappa shape index (κ3) is 2.63. The molecule has 1 heterocycles. The monoisotopic (exact) mass is 264 g/mol. The number of benzene rings is 1. The van der Waals surface area contributed by atoms with Crippen molar-refractivity contribution in [1.29, 1.82) is 0 Å². The van der Waals surface area contributed by atoms with Crippen molar-refractivity contribution in [2.45, 2.75) is 26.2 Å². The van der Waals surface area contributed by atoms with Crippen molar-refractivity contribution in [3.8, 4) is 0 Å². The van der Waals surface area contributed by atoms with E-state index >= 15 is 0 Å². The van der Waals surface area contributed by atoms with Crippen LogP contribution in [0.5, 0.6) is 0 Å². The fraction of sp³-hybridized carbons (Fsp3) is 0.533. The summed E-state index contributed by atoms with van der Waals surface area (Å²) in [5.41, 5.74) is 0.0151. The van der Waals surface area contributed by atoms with Gasteiger partial charge in [-0.2, -0.15) is 0 Å². The summed E-state index contributed by atoms with van der Waals surface area (Å²) in [6.45, 7) is 3.74. The number of carbonyl (C=O) groups excluding carboxylic acids is 1. The molecule has 1 N–H and O–H groups in total. The molecule has 0 bridgehead atoms. The van der Waals surface area contributed by atoms with Crippen molar-refractivity contribution >= 4 is 11.6 Å². The van der Waals surface area contributed by atoms with Gasteiger partial charge in [0.05, 0.1) is 11.1 Å². The number of rotatable bonds is 3. The highest BCUT2D eigenvalue weighted by molar-refractivity contribution is 5.97. The molecule has 0 spiro atoms. The van der Waals surface area contributed by atoms with Crippen LogP contribution in [0.4, 0.5) is 10.1 Å². The summed E-state index contributed by atoms with van der Waals surface area (Å²) in [6, 6.07) is 6.43. The van der Waals surface area contributed by atoms with Crippen LogP contribution in [0.1, 0.15) is 26.2 Å². The first-order chi connectivity index (χ1) is 9.10. The lowest BCUT2D eigenvalue weighted by atomic mass is 9.75. The topological polar surface area (TPSA) is 32.3 Å². The summed E-state index contributed by atoms with van der Waals surface area (Å²) >= 11 is 0. The zero-order chi connectivity index (χ0) is 13.9. The standard InChI is InChI=1S/C15H21FN2O/c1-3-15(8-10-17-11-9-15)14(19)18(2)13-7-5-4-6-12(13)16/h4-7,17H,3,8-11H2,1-2H3. The van der Waals surface area contributed by atoms with E-state index in [1.165, 1.54) is 11.0 Å². The molecule has 1 aromatic rings. The van der Waals surface area contributed by atoms with Crippen molar-refractivity contribution in [3.05, 3.63) is 30.1 Å². The average Bonchev–Trinajstić information content (AvgIpc) is 2.47. The third-order valence-electron chi connectivity index (χ3n) is 4.21. The van der Waals surface area contributed by atoms with E-state index < -0.39 is 0 Å². The van der Waals surface area contributed by atoms with E-state index in [0.29, 0.717) is 5.69 Å². The quantitative estimate of drug-likeness (QED) is 0.910. The molecule has 0 unspecified atom stereocenters. The van der Waals surface area contributed by atoms with Crippen LogP contribution >= 0.6 is 0 Å². The number of nitrogens with zero attached hydrogens (tertiary/aromatic N) is 1. The molecule has 1 aliphatic heterocycles. The van der Waals surface area contributed by atoms with Crippen LogP contribution < -0.4 is 10.2 Å². The Balaban J connectivity index is 2.25. The number of carbonyl (C=O) groups is 1. The molecule has 0 radical (unpaired) electrons. The lowest BCUT2D eigenvalue weighted by molar-refractivity contribution is -0.129. The van der Waals surface area contributed by atoms with Gasteiger partial charge in [-0.25, -0.2) is 4.39 Å². The Bertz CT molecular complexity index is 455. The highest BCUT2D eigenvalue weighted by Gasteiger charge is 2.40. The normalized spacial score (nSPS) is 18.1. The van der Waals surface area contributed by atoms with E-state index in [1.807, 2.05) is 6.92 Å². The van der Waals surface area contributed by atoms with Crippen molar-refractivity contribution < 1.29 is 9.18 Å². The number of hydrogen-bond donors (Lipinski definition) is 1. The van der Waals surface area contributed by atoms with Crippen molar-refractivity contribution in [2.75, 3.05) is 25.0 Å². The Hall–Kier alpha value is -1.42. The Morgan fingerprint density at radius 3 is 2.58 bits per heavy atom. The Kier molecular flexibility index (Phi) is 4.20. The molecule has 0 saturated carbocycles. The van der Waals surface area contributed by atoms with Crippen LogP contribution in [0.15, 0.2) is 24.3 Å². The molecule has 2 rings (SSSR count). The molecule has 4 heteroatoms. The number of anilines is 1. The highest BCUT2D eigenvalue weighted by Crippen LogP contribution is 2.36. The van der Waals surface area contributed by atoms with Gasteiger partial charge in [0, 0.05) is 7.05 Å². The average molecular weight is 264 g/mol. The van der Waals surface area contributed by atoms with E-state index in [1.54, 1.807) is 25.2 Å². The van der Waals surface area contributed by atoms with Gasteiger partial charge in [-0.15, -0.1) is 0 Å². The molecule has 1 saturated heterocycles. The van der Waals surface area contributed by atoms with Crippen LogP contribution in [0.3, 0.4) is 0 Å². The minimum Gasteiger partial charge on any atom is -0.317 e. The van der Waals surface area contributed by atoms with Crippen LogP contribution in [0, 0.1) is 11.2 Å². The smallest absolute Gasteiger partial charge is 0.233 e. The molecule has 1 amide bonds. The van der Waals surface area contributed by atoms with E-state index in [2.05, 4.69) is 5.32 Å². The maximum atomic E-state index is 13.8. The lowest BCUT2D eigenvalue weighted by Crippen LogP contribution is -2.48. The molecule has 0 aliphatic carbocycles. The van der Waals surface area contributed by atoms with Gasteiger partial charge in [0.15, 0.2) is 0 Å². The SMILES string of the molecule is CCC1(C(=O)N(C)c2ccccc2F)CCNCC1. The summed E-state index contributed by atoms with van der Waals surface area (Å²) in [6.07, 6.45) is 2.44. The van der Waals surface area contributed by atoms with Crippen LogP contribution in [0.2, 0.25) is 0 Å². The van der Waals surface area contributed by atoms with Crippen molar-refractivity contribution in [2.24, 2.45) is 5.41 Å². The van der Waals surface area contributed by atoms with Gasteiger partial charge in [-0.3, -0.25) is 4.79 Å². The Morgan fingerprint density at radius 2 is 2.00 bits per heavy atom. The Labute approximate surface area is 113 Å². The van der Waals surface area contributed by atoms with E-state index in [0.717, 1.165) is 32.4 Å². The van der Waals surface area contributed by atoms with Crippen molar-refractivity contribution in [1.82, 2.24) is 5.32 Å². The summed E-state index contributed by atoms with van der Waals surface area (Å²) in [7, 11) is 1.67. The Morgan fingerprint density at radius 1 is 1.37 bits per heavy atom. The number of hydrogen-bond acceptors (Lipinski definition) is 2. The number of piperidine rings is 1.